The molecule has 0 amide bonds. The first-order valence-corrected chi connectivity index (χ1v) is 6.78. The van der Waals surface area contributed by atoms with Crippen LogP contribution in [0.25, 0.3) is 22.3 Å². The number of hydrogen-bond acceptors (Lipinski definition) is 7. The molecule has 0 bridgehead atoms. The molecule has 0 aromatic carbocycles. The van der Waals surface area contributed by atoms with Crippen molar-refractivity contribution in [2.24, 2.45) is 0 Å². The van der Waals surface area contributed by atoms with Crippen LogP contribution in [0.1, 0.15) is 6.04 Å². The second-order valence-electron chi connectivity index (χ2n) is 4.30. The van der Waals surface area contributed by atoms with Crippen molar-refractivity contribution in [3.8, 4) is 22.3 Å². The minimum atomic E-state index is 0.376. The van der Waals surface area contributed by atoms with E-state index in [1.165, 1.54) is 0 Å². The highest BCUT2D eigenvalue weighted by Gasteiger charge is 2.22. The molecule has 4 rings (SSSR count). The normalized spacial score (nSPS) is 15.6. The molecule has 8 heteroatoms. The second-order valence-corrected chi connectivity index (χ2v) is 5.24. The van der Waals surface area contributed by atoms with E-state index < -0.39 is 0 Å². The molecule has 19 heavy (non-hydrogen) atoms. The van der Waals surface area contributed by atoms with E-state index in [0.717, 1.165) is 18.0 Å². The number of rotatable bonds is 3. The lowest BCUT2D eigenvalue weighted by Crippen LogP contribution is -2.43. The van der Waals surface area contributed by atoms with E-state index >= 15 is 0 Å². The first-order chi connectivity index (χ1) is 9.40. The van der Waals surface area contributed by atoms with Crippen LogP contribution < -0.4 is 5.32 Å². The van der Waals surface area contributed by atoms with Crippen molar-refractivity contribution in [2.45, 2.75) is 6.04 Å². The Hall–Kier alpha value is -2.06. The van der Waals surface area contributed by atoms with Gasteiger partial charge in [-0.3, -0.25) is 0 Å². The van der Waals surface area contributed by atoms with Crippen LogP contribution in [-0.4, -0.2) is 38.2 Å². The molecule has 4 heterocycles. The SMILES string of the molecule is c1csc(-c2noc(-c3cn(C4CNC4)nn3)n2)c1. The number of thiophene rings is 1. The molecular weight excluding hydrogens is 264 g/mol. The summed E-state index contributed by atoms with van der Waals surface area (Å²) in [6, 6.07) is 4.28. The molecule has 1 saturated heterocycles. The molecule has 1 aliphatic heterocycles. The minimum absolute atomic E-state index is 0.376. The monoisotopic (exact) mass is 274 g/mol. The van der Waals surface area contributed by atoms with Gasteiger partial charge in [0.05, 0.1) is 17.1 Å². The lowest BCUT2D eigenvalue weighted by atomic mass is 10.2. The molecule has 96 valence electrons. The van der Waals surface area contributed by atoms with Gasteiger partial charge in [0.15, 0.2) is 5.69 Å². The highest BCUT2D eigenvalue weighted by molar-refractivity contribution is 7.13. The fourth-order valence-electron chi connectivity index (χ4n) is 1.85. The second kappa shape index (κ2) is 4.25. The summed E-state index contributed by atoms with van der Waals surface area (Å²) < 4.78 is 7.07. The minimum Gasteiger partial charge on any atom is -0.332 e. The number of aromatic nitrogens is 5. The quantitative estimate of drug-likeness (QED) is 0.773. The first kappa shape index (κ1) is 10.8. The topological polar surface area (TPSA) is 81.7 Å². The molecule has 0 spiro atoms. The van der Waals surface area contributed by atoms with Gasteiger partial charge in [-0.15, -0.1) is 16.4 Å². The summed E-state index contributed by atoms with van der Waals surface area (Å²) in [7, 11) is 0. The predicted molar refractivity (Wildman–Crippen MR) is 68.5 cm³/mol. The lowest BCUT2D eigenvalue weighted by molar-refractivity contribution is 0.313. The van der Waals surface area contributed by atoms with Crippen molar-refractivity contribution >= 4 is 11.3 Å². The largest absolute Gasteiger partial charge is 0.332 e. The van der Waals surface area contributed by atoms with Crippen molar-refractivity contribution in [1.82, 2.24) is 30.5 Å². The third-order valence-electron chi connectivity index (χ3n) is 3.03. The van der Waals surface area contributed by atoms with Crippen LogP contribution in [0.15, 0.2) is 28.2 Å². The van der Waals surface area contributed by atoms with Gasteiger partial charge >= 0.3 is 0 Å². The van der Waals surface area contributed by atoms with Gasteiger partial charge in [-0.1, -0.05) is 16.4 Å². The van der Waals surface area contributed by atoms with E-state index in [9.17, 15) is 0 Å². The molecule has 1 aliphatic rings. The molecular formula is C11H10N6OS. The molecule has 0 unspecified atom stereocenters. The number of nitrogens with zero attached hydrogens (tertiary/aromatic N) is 5. The lowest BCUT2D eigenvalue weighted by Gasteiger charge is -2.26. The van der Waals surface area contributed by atoms with Crippen LogP contribution in [0.4, 0.5) is 0 Å². The van der Waals surface area contributed by atoms with Gasteiger partial charge in [0.1, 0.15) is 0 Å². The average Bonchev–Trinajstić information content (AvgIpc) is 3.08. The van der Waals surface area contributed by atoms with Crippen molar-refractivity contribution in [2.75, 3.05) is 13.1 Å². The van der Waals surface area contributed by atoms with Gasteiger partial charge in [-0.25, -0.2) is 4.68 Å². The maximum absolute atomic E-state index is 5.23. The van der Waals surface area contributed by atoms with E-state index in [1.807, 2.05) is 28.4 Å². The van der Waals surface area contributed by atoms with Crippen molar-refractivity contribution in [3.63, 3.8) is 0 Å². The van der Waals surface area contributed by atoms with Crippen LogP contribution in [-0.2, 0) is 0 Å². The molecule has 0 atom stereocenters. The summed E-state index contributed by atoms with van der Waals surface area (Å²) in [6.07, 6.45) is 1.84. The van der Waals surface area contributed by atoms with Crippen LogP contribution in [0, 0.1) is 0 Å². The molecule has 0 radical (unpaired) electrons. The third kappa shape index (κ3) is 1.85. The Bertz CT molecular complexity index is 684. The third-order valence-corrected chi connectivity index (χ3v) is 3.90. The van der Waals surface area contributed by atoms with Crippen molar-refractivity contribution < 1.29 is 4.52 Å². The summed E-state index contributed by atoms with van der Waals surface area (Å²) in [4.78, 5) is 5.32. The van der Waals surface area contributed by atoms with E-state index in [0.29, 0.717) is 23.5 Å². The zero-order chi connectivity index (χ0) is 12.7. The number of nitrogens with one attached hydrogen (secondary N) is 1. The van der Waals surface area contributed by atoms with Crippen molar-refractivity contribution in [3.05, 3.63) is 23.7 Å². The van der Waals surface area contributed by atoms with E-state index in [1.54, 1.807) is 11.3 Å². The van der Waals surface area contributed by atoms with E-state index in [4.69, 9.17) is 4.52 Å². The molecule has 7 nitrogen and oxygen atoms in total. The average molecular weight is 274 g/mol. The zero-order valence-corrected chi connectivity index (χ0v) is 10.7. The van der Waals surface area contributed by atoms with Gasteiger partial charge in [-0.05, 0) is 11.4 Å². The zero-order valence-electron chi connectivity index (χ0n) is 9.85. The first-order valence-electron chi connectivity index (χ1n) is 5.90. The van der Waals surface area contributed by atoms with Crippen molar-refractivity contribution in [1.29, 1.82) is 0 Å². The summed E-state index contributed by atoms with van der Waals surface area (Å²) in [6.45, 7) is 1.85. The molecule has 1 fully saturated rings. The Labute approximate surface area is 112 Å². The van der Waals surface area contributed by atoms with Gasteiger partial charge in [0.25, 0.3) is 5.89 Å². The summed E-state index contributed by atoms with van der Waals surface area (Å²) in [5.41, 5.74) is 0.613. The Morgan fingerprint density at radius 2 is 2.37 bits per heavy atom. The Morgan fingerprint density at radius 3 is 3.11 bits per heavy atom. The standard InChI is InChI=1S/C11H10N6OS/c1-2-9(19-3-1)10-13-11(18-15-10)8-6-17(16-14-8)7-4-12-5-7/h1-3,6-7,12H,4-5H2. The van der Waals surface area contributed by atoms with Gasteiger partial charge < -0.3 is 9.84 Å². The summed E-state index contributed by atoms with van der Waals surface area (Å²) in [5.74, 6) is 0.992. The van der Waals surface area contributed by atoms with Crippen LogP contribution in [0.2, 0.25) is 0 Å². The Balaban J connectivity index is 1.63. The van der Waals surface area contributed by atoms with Crippen LogP contribution in [0.3, 0.4) is 0 Å². The fraction of sp³-hybridized carbons (Fsp3) is 0.273. The molecule has 3 aromatic rings. The smallest absolute Gasteiger partial charge is 0.280 e. The molecule has 0 aliphatic carbocycles. The van der Waals surface area contributed by atoms with Crippen LogP contribution in [0.5, 0.6) is 0 Å². The molecule has 1 N–H and O–H groups in total. The maximum Gasteiger partial charge on any atom is 0.280 e. The summed E-state index contributed by atoms with van der Waals surface area (Å²) in [5, 5.41) is 17.3. The fourth-order valence-corrected chi connectivity index (χ4v) is 2.50. The molecule has 0 saturated carbocycles. The highest BCUT2D eigenvalue weighted by Crippen LogP contribution is 2.24. The molecule has 3 aromatic heterocycles. The summed E-state index contributed by atoms with van der Waals surface area (Å²) >= 11 is 1.57. The highest BCUT2D eigenvalue weighted by atomic mass is 32.1. The predicted octanol–water partition coefficient (Wildman–Crippen LogP) is 1.20. The van der Waals surface area contributed by atoms with Gasteiger partial charge in [-0.2, -0.15) is 4.98 Å². The number of hydrogen-bond donors (Lipinski definition) is 1. The van der Waals surface area contributed by atoms with Gasteiger partial charge in [0.2, 0.25) is 5.82 Å². The van der Waals surface area contributed by atoms with E-state index in [2.05, 4.69) is 25.8 Å². The van der Waals surface area contributed by atoms with Gasteiger partial charge in [0, 0.05) is 13.1 Å². The maximum atomic E-state index is 5.23. The van der Waals surface area contributed by atoms with E-state index in [-0.39, 0.29) is 0 Å². The Kier molecular flexibility index (Phi) is 2.42. The van der Waals surface area contributed by atoms with Crippen LogP contribution >= 0.6 is 11.3 Å². The Morgan fingerprint density at radius 1 is 1.42 bits per heavy atom.